The summed E-state index contributed by atoms with van der Waals surface area (Å²) in [5, 5.41) is 0.689. The number of carbonyl (C=O) groups is 1. The molecule has 0 saturated heterocycles. The fourth-order valence-corrected chi connectivity index (χ4v) is 2.67. The van der Waals surface area contributed by atoms with Crippen molar-refractivity contribution in [2.24, 2.45) is 17.4 Å². The molecule has 0 saturated carbocycles. The number of hydrogen-bond acceptors (Lipinski definition) is 5. The molecule has 0 radical (unpaired) electrons. The van der Waals surface area contributed by atoms with Gasteiger partial charge in [0.15, 0.2) is 0 Å². The molecule has 1 amide bonds. The molecule has 0 aliphatic heterocycles. The molecule has 28 heavy (non-hydrogen) atoms. The van der Waals surface area contributed by atoms with Gasteiger partial charge in [0.1, 0.15) is 12.4 Å². The summed E-state index contributed by atoms with van der Waals surface area (Å²) in [4.78, 5) is 11.4. The van der Waals surface area contributed by atoms with E-state index in [4.69, 9.17) is 32.4 Å². The van der Waals surface area contributed by atoms with Gasteiger partial charge >= 0.3 is 0 Å². The third kappa shape index (κ3) is 9.18. The molecule has 0 spiro atoms. The predicted molar refractivity (Wildman–Crippen MR) is 110 cm³/mol. The summed E-state index contributed by atoms with van der Waals surface area (Å²) in [5.41, 5.74) is 13.0. The van der Waals surface area contributed by atoms with Crippen molar-refractivity contribution >= 4 is 27.6 Å². The average molecular weight is 429 g/mol. The fourth-order valence-electron chi connectivity index (χ4n) is 2.46. The first-order valence-corrected chi connectivity index (χ1v) is 10.6. The van der Waals surface area contributed by atoms with Gasteiger partial charge in [-0.1, -0.05) is 42.8 Å². The lowest BCUT2D eigenvalue weighted by atomic mass is 9.87. The minimum absolute atomic E-state index is 0.0283. The quantitative estimate of drug-likeness (QED) is 0.580. The second-order valence-electron chi connectivity index (χ2n) is 6.25. The Morgan fingerprint density at radius 3 is 2.25 bits per heavy atom. The van der Waals surface area contributed by atoms with E-state index in [0.29, 0.717) is 17.9 Å². The summed E-state index contributed by atoms with van der Waals surface area (Å²) in [5.74, 6) is -0.0155. The van der Waals surface area contributed by atoms with Gasteiger partial charge < -0.3 is 16.2 Å². The Morgan fingerprint density at radius 2 is 1.79 bits per heavy atom. The van der Waals surface area contributed by atoms with Crippen LogP contribution in [-0.4, -0.2) is 31.7 Å². The van der Waals surface area contributed by atoms with E-state index in [0.717, 1.165) is 16.9 Å². The van der Waals surface area contributed by atoms with Gasteiger partial charge in [-0.25, -0.2) is 0 Å². The lowest BCUT2D eigenvalue weighted by Gasteiger charge is -2.20. The summed E-state index contributed by atoms with van der Waals surface area (Å²) in [6.45, 7) is 2.63. The van der Waals surface area contributed by atoms with Crippen LogP contribution in [0.4, 0.5) is 0 Å². The Labute approximate surface area is 170 Å². The van der Waals surface area contributed by atoms with Gasteiger partial charge in [0.25, 0.3) is 10.1 Å². The van der Waals surface area contributed by atoms with Crippen molar-refractivity contribution in [3.63, 3.8) is 0 Å². The van der Waals surface area contributed by atoms with Crippen molar-refractivity contribution in [1.29, 1.82) is 0 Å². The van der Waals surface area contributed by atoms with Crippen LogP contribution in [0.3, 0.4) is 0 Å². The van der Waals surface area contributed by atoms with E-state index >= 15 is 0 Å². The molecule has 2 aromatic carbocycles. The Kier molecular flexibility index (Phi) is 9.40. The van der Waals surface area contributed by atoms with Crippen LogP contribution in [0.1, 0.15) is 24.0 Å². The van der Waals surface area contributed by atoms with E-state index < -0.39 is 10.1 Å². The van der Waals surface area contributed by atoms with Crippen molar-refractivity contribution in [1.82, 2.24) is 0 Å². The molecule has 0 aliphatic carbocycles. The number of nitrogens with two attached hydrogens (primary N) is 2. The minimum Gasteiger partial charge on any atom is -0.489 e. The maximum absolute atomic E-state index is 11.4. The maximum Gasteiger partial charge on any atom is 0.261 e. The number of carbonyl (C=O) groups excluding carboxylic acids is 1. The summed E-state index contributed by atoms with van der Waals surface area (Å²) < 4.78 is 31.6. The highest BCUT2D eigenvalue weighted by molar-refractivity contribution is 7.85. The van der Waals surface area contributed by atoms with Crippen LogP contribution in [0.5, 0.6) is 5.75 Å². The van der Waals surface area contributed by atoms with Crippen LogP contribution in [0.2, 0.25) is 5.02 Å². The van der Waals surface area contributed by atoms with E-state index in [1.165, 1.54) is 0 Å². The van der Waals surface area contributed by atoms with Gasteiger partial charge in [-0.3, -0.25) is 9.35 Å². The molecule has 5 N–H and O–H groups in total. The number of primary amides is 1. The fraction of sp³-hybridized carbons (Fsp3) is 0.316. The normalized spacial score (nSPS) is 13.0. The molecule has 2 aromatic rings. The largest absolute Gasteiger partial charge is 0.489 e. The molecule has 0 aliphatic rings. The zero-order valence-corrected chi connectivity index (χ0v) is 17.3. The van der Waals surface area contributed by atoms with Crippen LogP contribution < -0.4 is 16.2 Å². The zero-order chi connectivity index (χ0) is 21.3. The van der Waals surface area contributed by atoms with Crippen molar-refractivity contribution in [3.8, 4) is 5.75 Å². The molecule has 2 rings (SSSR count). The lowest BCUT2D eigenvalue weighted by molar-refractivity contribution is -0.122. The van der Waals surface area contributed by atoms with E-state index in [1.54, 1.807) is 0 Å². The van der Waals surface area contributed by atoms with Crippen LogP contribution in [0.25, 0.3) is 0 Å². The first-order chi connectivity index (χ1) is 13.0. The molecule has 9 heteroatoms. The lowest BCUT2D eigenvalue weighted by Crippen LogP contribution is -2.33. The highest BCUT2D eigenvalue weighted by Gasteiger charge is 2.22. The van der Waals surface area contributed by atoms with Crippen molar-refractivity contribution in [2.75, 3.05) is 12.8 Å². The smallest absolute Gasteiger partial charge is 0.261 e. The Balaban J connectivity index is 0.000000696. The summed E-state index contributed by atoms with van der Waals surface area (Å²) in [7, 11) is -3.67. The van der Waals surface area contributed by atoms with Crippen molar-refractivity contribution < 1.29 is 22.5 Å². The second-order valence-corrected chi connectivity index (χ2v) is 8.16. The highest BCUT2D eigenvalue weighted by Crippen LogP contribution is 2.26. The number of hydrogen-bond donors (Lipinski definition) is 3. The number of benzene rings is 2. The number of rotatable bonds is 7. The average Bonchev–Trinajstić information content (AvgIpc) is 2.59. The highest BCUT2D eigenvalue weighted by atomic mass is 35.5. The van der Waals surface area contributed by atoms with E-state index in [1.807, 2.05) is 55.5 Å². The van der Waals surface area contributed by atoms with Crippen molar-refractivity contribution in [3.05, 3.63) is 64.7 Å². The maximum atomic E-state index is 11.4. The first kappa shape index (κ1) is 23.9. The molecule has 0 bridgehead atoms. The van der Waals surface area contributed by atoms with Crippen LogP contribution in [0, 0.1) is 5.92 Å². The number of halogens is 1. The monoisotopic (exact) mass is 428 g/mol. The van der Waals surface area contributed by atoms with Gasteiger partial charge in [0, 0.05) is 11.6 Å². The predicted octanol–water partition coefficient (Wildman–Crippen LogP) is 2.59. The molecule has 154 valence electrons. The Bertz CT molecular complexity index is 864. The molecule has 7 nitrogen and oxygen atoms in total. The summed E-state index contributed by atoms with van der Waals surface area (Å²) >= 11 is 5.95. The first-order valence-electron chi connectivity index (χ1n) is 8.40. The second kappa shape index (κ2) is 11.0. The Hall–Kier alpha value is -2.13. The van der Waals surface area contributed by atoms with Gasteiger partial charge in [-0.15, -0.1) is 0 Å². The summed E-state index contributed by atoms with van der Waals surface area (Å²) in [6.07, 6.45) is 0.715. The van der Waals surface area contributed by atoms with E-state index in [9.17, 15) is 13.2 Å². The minimum atomic E-state index is -3.67. The van der Waals surface area contributed by atoms with Gasteiger partial charge in [0.2, 0.25) is 5.91 Å². The van der Waals surface area contributed by atoms with Gasteiger partial charge in [0.05, 0.1) is 12.2 Å². The van der Waals surface area contributed by atoms with Crippen molar-refractivity contribution in [2.45, 2.75) is 19.4 Å². The van der Waals surface area contributed by atoms with Crippen LogP contribution >= 0.6 is 11.6 Å². The van der Waals surface area contributed by atoms with Gasteiger partial charge in [-0.05, 0) is 41.3 Å². The van der Waals surface area contributed by atoms with Crippen LogP contribution in [0.15, 0.2) is 48.5 Å². The van der Waals surface area contributed by atoms with Crippen LogP contribution in [-0.2, 0) is 21.5 Å². The zero-order valence-electron chi connectivity index (χ0n) is 15.7. The number of amides is 1. The molecule has 0 aromatic heterocycles. The standard InChI is InChI=1S/C18H21ClN2O2.CH4O3S/c1-12(17(10-20)18(21)22)14-5-7-16(8-6-14)23-11-13-3-2-4-15(19)9-13;1-5(2,3)4/h2-9,12,17H,10-11,20H2,1H3,(H2,21,22);1H3,(H,2,3,4). The molecular formula is C19H25ClN2O5S. The third-order valence-electron chi connectivity index (χ3n) is 3.92. The Morgan fingerprint density at radius 1 is 1.21 bits per heavy atom. The molecule has 0 heterocycles. The molecule has 2 atom stereocenters. The molecule has 0 fully saturated rings. The van der Waals surface area contributed by atoms with Gasteiger partial charge in [-0.2, -0.15) is 8.42 Å². The SMILES string of the molecule is CC(c1ccc(OCc2cccc(Cl)c2)cc1)C(CN)C(N)=O.CS(=O)(=O)O. The number of ether oxygens (including phenoxy) is 1. The third-order valence-corrected chi connectivity index (χ3v) is 4.16. The molecule has 2 unspecified atom stereocenters. The van der Waals surface area contributed by atoms with E-state index in [-0.39, 0.29) is 24.3 Å². The topological polar surface area (TPSA) is 133 Å². The molecular weight excluding hydrogens is 404 g/mol. The van der Waals surface area contributed by atoms with E-state index in [2.05, 4.69) is 0 Å². The summed E-state index contributed by atoms with van der Waals surface area (Å²) in [6, 6.07) is 15.2.